The Morgan fingerprint density at radius 2 is 2.19 bits per heavy atom. The fraction of sp³-hybridized carbons (Fsp3) is 0.917. The lowest BCUT2D eigenvalue weighted by molar-refractivity contribution is -0.151. The summed E-state index contributed by atoms with van der Waals surface area (Å²) < 4.78 is 0. The van der Waals surface area contributed by atoms with Gasteiger partial charge in [0.2, 0.25) is 0 Å². The molecule has 2 rings (SSSR count). The molecule has 2 aliphatic heterocycles. The second kappa shape index (κ2) is 4.34. The number of carbonyl (C=O) groups is 1. The van der Waals surface area contributed by atoms with Crippen LogP contribution in [0.3, 0.4) is 0 Å². The Morgan fingerprint density at radius 3 is 2.75 bits per heavy atom. The first-order valence-corrected chi connectivity index (χ1v) is 6.17. The first kappa shape index (κ1) is 11.9. The van der Waals surface area contributed by atoms with Crippen LogP contribution in [0.25, 0.3) is 0 Å². The molecule has 2 fully saturated rings. The number of hydrogen-bond acceptors (Lipinski definition) is 3. The largest absolute Gasteiger partial charge is 0.481 e. The standard InChI is InChI=1S/C12H22N2O2/c1-12(11(15)16)5-3-6-14(9-12)10-4-7-13(2)8-10/h10H,3-9H2,1-2H3,(H,15,16). The zero-order valence-electron chi connectivity index (χ0n) is 10.3. The third-order valence-corrected chi connectivity index (χ3v) is 4.13. The number of aliphatic carboxylic acids is 1. The van der Waals surface area contributed by atoms with Gasteiger partial charge in [0.1, 0.15) is 0 Å². The molecule has 4 nitrogen and oxygen atoms in total. The number of hydrogen-bond donors (Lipinski definition) is 1. The third-order valence-electron chi connectivity index (χ3n) is 4.13. The molecule has 0 aliphatic carbocycles. The Hall–Kier alpha value is -0.610. The summed E-state index contributed by atoms with van der Waals surface area (Å²) in [6.45, 7) is 5.92. The van der Waals surface area contributed by atoms with E-state index in [1.165, 1.54) is 6.42 Å². The molecule has 2 atom stereocenters. The minimum Gasteiger partial charge on any atom is -0.481 e. The van der Waals surface area contributed by atoms with Gasteiger partial charge in [-0.15, -0.1) is 0 Å². The van der Waals surface area contributed by atoms with E-state index in [1.54, 1.807) is 0 Å². The van der Waals surface area contributed by atoms with Crippen molar-refractivity contribution >= 4 is 5.97 Å². The van der Waals surface area contributed by atoms with Gasteiger partial charge in [0.15, 0.2) is 0 Å². The van der Waals surface area contributed by atoms with Crippen LogP contribution in [-0.2, 0) is 4.79 Å². The van der Waals surface area contributed by atoms with Crippen LogP contribution in [-0.4, -0.2) is 60.1 Å². The minimum atomic E-state index is -0.636. The molecule has 2 aliphatic rings. The Labute approximate surface area is 97.2 Å². The second-order valence-corrected chi connectivity index (χ2v) is 5.64. The van der Waals surface area contributed by atoms with E-state index in [1.807, 2.05) is 6.92 Å². The lowest BCUT2D eigenvalue weighted by Gasteiger charge is -2.40. The molecule has 0 saturated carbocycles. The number of carboxylic acids is 1. The predicted molar refractivity (Wildman–Crippen MR) is 62.5 cm³/mol. The molecule has 4 heteroatoms. The van der Waals surface area contributed by atoms with Crippen LogP contribution >= 0.6 is 0 Å². The van der Waals surface area contributed by atoms with Crippen LogP contribution in [0.2, 0.25) is 0 Å². The van der Waals surface area contributed by atoms with Crippen molar-refractivity contribution in [2.24, 2.45) is 5.41 Å². The second-order valence-electron chi connectivity index (χ2n) is 5.64. The summed E-state index contributed by atoms with van der Waals surface area (Å²) in [5.41, 5.74) is -0.528. The van der Waals surface area contributed by atoms with E-state index >= 15 is 0 Å². The number of nitrogens with zero attached hydrogens (tertiary/aromatic N) is 2. The van der Waals surface area contributed by atoms with Crippen molar-refractivity contribution in [3.63, 3.8) is 0 Å². The van der Waals surface area contributed by atoms with Crippen LogP contribution < -0.4 is 0 Å². The zero-order chi connectivity index (χ0) is 11.8. The van der Waals surface area contributed by atoms with E-state index in [2.05, 4.69) is 16.8 Å². The van der Waals surface area contributed by atoms with Crippen LogP contribution in [0, 0.1) is 5.41 Å². The summed E-state index contributed by atoms with van der Waals surface area (Å²) in [4.78, 5) is 16.0. The molecule has 0 spiro atoms. The molecule has 2 unspecified atom stereocenters. The molecule has 92 valence electrons. The van der Waals surface area contributed by atoms with Crippen molar-refractivity contribution in [3.05, 3.63) is 0 Å². The van der Waals surface area contributed by atoms with Gasteiger partial charge in [-0.25, -0.2) is 0 Å². The Morgan fingerprint density at radius 1 is 1.44 bits per heavy atom. The van der Waals surface area contributed by atoms with Crippen molar-refractivity contribution in [3.8, 4) is 0 Å². The average molecular weight is 226 g/mol. The number of carboxylic acid groups (broad SMARTS) is 1. The lowest BCUT2D eigenvalue weighted by Crippen LogP contribution is -2.50. The number of piperidine rings is 1. The van der Waals surface area contributed by atoms with Crippen molar-refractivity contribution in [1.82, 2.24) is 9.80 Å². The predicted octanol–water partition coefficient (Wildman–Crippen LogP) is 0.877. The molecule has 0 aromatic carbocycles. The fourth-order valence-electron chi connectivity index (χ4n) is 2.97. The maximum absolute atomic E-state index is 11.3. The molecule has 16 heavy (non-hydrogen) atoms. The summed E-state index contributed by atoms with van der Waals surface area (Å²) in [5, 5.41) is 9.27. The van der Waals surface area contributed by atoms with Crippen molar-refractivity contribution in [2.45, 2.75) is 32.2 Å². The van der Waals surface area contributed by atoms with E-state index in [0.29, 0.717) is 6.04 Å². The molecule has 0 aromatic rings. The van der Waals surface area contributed by atoms with Crippen molar-refractivity contribution in [1.29, 1.82) is 0 Å². The quantitative estimate of drug-likeness (QED) is 0.759. The highest BCUT2D eigenvalue weighted by molar-refractivity contribution is 5.74. The summed E-state index contributed by atoms with van der Waals surface area (Å²) in [6.07, 6.45) is 3.02. The molecule has 0 aromatic heterocycles. The number of likely N-dealkylation sites (N-methyl/N-ethyl adjacent to an activating group) is 1. The van der Waals surface area contributed by atoms with E-state index in [4.69, 9.17) is 0 Å². The molecule has 0 amide bonds. The normalized spacial score (nSPS) is 37.8. The van der Waals surface area contributed by atoms with E-state index in [0.717, 1.165) is 39.0 Å². The van der Waals surface area contributed by atoms with Gasteiger partial charge < -0.3 is 10.0 Å². The van der Waals surface area contributed by atoms with Crippen molar-refractivity contribution < 1.29 is 9.90 Å². The topological polar surface area (TPSA) is 43.8 Å². The highest BCUT2D eigenvalue weighted by Crippen LogP contribution is 2.32. The monoisotopic (exact) mass is 226 g/mol. The van der Waals surface area contributed by atoms with Gasteiger partial charge in [-0.3, -0.25) is 9.69 Å². The Kier molecular flexibility index (Phi) is 3.22. The van der Waals surface area contributed by atoms with Crippen molar-refractivity contribution in [2.75, 3.05) is 33.2 Å². The molecule has 1 N–H and O–H groups in total. The SMILES string of the molecule is CN1CCC(N2CCCC(C)(C(=O)O)C2)C1. The minimum absolute atomic E-state index is 0.528. The first-order chi connectivity index (χ1) is 7.51. The Bertz CT molecular complexity index is 282. The summed E-state index contributed by atoms with van der Waals surface area (Å²) in [7, 11) is 2.14. The van der Waals surface area contributed by atoms with Crippen LogP contribution in [0.15, 0.2) is 0 Å². The smallest absolute Gasteiger partial charge is 0.310 e. The fourth-order valence-corrected chi connectivity index (χ4v) is 2.97. The van der Waals surface area contributed by atoms with Gasteiger partial charge in [-0.2, -0.15) is 0 Å². The van der Waals surface area contributed by atoms with Crippen LogP contribution in [0.4, 0.5) is 0 Å². The molecule has 2 heterocycles. The van der Waals surface area contributed by atoms with E-state index in [-0.39, 0.29) is 0 Å². The van der Waals surface area contributed by atoms with Crippen LogP contribution in [0.1, 0.15) is 26.2 Å². The maximum Gasteiger partial charge on any atom is 0.310 e. The zero-order valence-corrected chi connectivity index (χ0v) is 10.3. The molecule has 0 bridgehead atoms. The molecular formula is C12H22N2O2. The van der Waals surface area contributed by atoms with Gasteiger partial charge in [-0.05, 0) is 46.3 Å². The number of rotatable bonds is 2. The van der Waals surface area contributed by atoms with Gasteiger partial charge in [0.25, 0.3) is 0 Å². The number of likely N-dealkylation sites (tertiary alicyclic amines) is 2. The van der Waals surface area contributed by atoms with Gasteiger partial charge >= 0.3 is 5.97 Å². The lowest BCUT2D eigenvalue weighted by atomic mass is 9.81. The van der Waals surface area contributed by atoms with Crippen LogP contribution in [0.5, 0.6) is 0 Å². The molecule has 2 saturated heterocycles. The molecular weight excluding hydrogens is 204 g/mol. The summed E-state index contributed by atoms with van der Waals surface area (Å²) in [6, 6.07) is 0.573. The van der Waals surface area contributed by atoms with E-state index < -0.39 is 11.4 Å². The maximum atomic E-state index is 11.3. The summed E-state index contributed by atoms with van der Waals surface area (Å²) >= 11 is 0. The van der Waals surface area contributed by atoms with Gasteiger partial charge in [0.05, 0.1) is 5.41 Å². The van der Waals surface area contributed by atoms with Gasteiger partial charge in [0, 0.05) is 19.1 Å². The molecule has 0 radical (unpaired) electrons. The summed E-state index contributed by atoms with van der Waals surface area (Å²) in [5.74, 6) is -0.636. The first-order valence-electron chi connectivity index (χ1n) is 6.17. The highest BCUT2D eigenvalue weighted by Gasteiger charge is 2.40. The Balaban J connectivity index is 1.99. The van der Waals surface area contributed by atoms with Gasteiger partial charge in [-0.1, -0.05) is 0 Å². The highest BCUT2D eigenvalue weighted by atomic mass is 16.4. The third kappa shape index (κ3) is 2.23. The van der Waals surface area contributed by atoms with E-state index in [9.17, 15) is 9.90 Å². The average Bonchev–Trinajstić information content (AvgIpc) is 2.65.